The highest BCUT2D eigenvalue weighted by Gasteiger charge is 2.34. The lowest BCUT2D eigenvalue weighted by atomic mass is 10.0. The van der Waals surface area contributed by atoms with E-state index < -0.39 is 0 Å². The van der Waals surface area contributed by atoms with E-state index in [0.717, 1.165) is 47.2 Å². The van der Waals surface area contributed by atoms with Gasteiger partial charge in [0.15, 0.2) is 5.78 Å². The molecule has 0 amide bonds. The molecule has 0 bridgehead atoms. The Hall–Kier alpha value is -1.35. The Morgan fingerprint density at radius 3 is 2.95 bits per heavy atom. The third kappa shape index (κ3) is 2.66. The molecule has 0 fully saturated rings. The van der Waals surface area contributed by atoms with E-state index in [1.165, 1.54) is 0 Å². The lowest BCUT2D eigenvalue weighted by Gasteiger charge is -2.09. The maximum Gasteiger partial charge on any atom is 0.166 e. The third-order valence-electron chi connectivity index (χ3n) is 3.44. The molecule has 2 nitrogen and oxygen atoms in total. The van der Waals surface area contributed by atoms with Crippen LogP contribution < -0.4 is 4.74 Å². The quantitative estimate of drug-likeness (QED) is 0.609. The van der Waals surface area contributed by atoms with Crippen LogP contribution in [-0.4, -0.2) is 17.7 Å². The molecule has 0 N–H and O–H groups in total. The lowest BCUT2D eigenvalue weighted by molar-refractivity contribution is -0.114. The van der Waals surface area contributed by atoms with Crippen molar-refractivity contribution in [2.75, 3.05) is 11.9 Å². The summed E-state index contributed by atoms with van der Waals surface area (Å²) in [6.45, 7) is 0.738. The summed E-state index contributed by atoms with van der Waals surface area (Å²) in [7, 11) is 0. The summed E-state index contributed by atoms with van der Waals surface area (Å²) >= 11 is 3.41. The number of ketones is 1. The predicted molar refractivity (Wildman–Crippen MR) is 80.5 cm³/mol. The standard InChI is InChI=1S/C16H15BrO2/c17-7-1-2-8-19-12-5-3-11-4-6-16(18)15-10-14(15)13(11)9-12/h3-6,9-10,15H,1-2,7-8H2. The molecule has 1 aromatic rings. The van der Waals surface area contributed by atoms with E-state index >= 15 is 0 Å². The molecule has 2 aliphatic rings. The molecule has 0 aromatic heterocycles. The Labute approximate surface area is 121 Å². The normalized spacial score (nSPS) is 19.3. The van der Waals surface area contributed by atoms with E-state index in [9.17, 15) is 4.79 Å². The maximum atomic E-state index is 11.7. The predicted octanol–water partition coefficient (Wildman–Crippen LogP) is 3.85. The number of alkyl halides is 1. The summed E-state index contributed by atoms with van der Waals surface area (Å²) in [6.07, 6.45) is 7.77. The van der Waals surface area contributed by atoms with Crippen LogP contribution in [0.25, 0.3) is 11.6 Å². The maximum absolute atomic E-state index is 11.7. The van der Waals surface area contributed by atoms with Gasteiger partial charge in [-0.3, -0.25) is 4.79 Å². The van der Waals surface area contributed by atoms with E-state index in [0.29, 0.717) is 0 Å². The van der Waals surface area contributed by atoms with Crippen molar-refractivity contribution in [2.45, 2.75) is 12.8 Å². The second-order valence-electron chi connectivity index (χ2n) is 4.83. The van der Waals surface area contributed by atoms with Crippen LogP contribution in [0.4, 0.5) is 0 Å². The minimum absolute atomic E-state index is 0.0150. The van der Waals surface area contributed by atoms with Crippen LogP contribution in [0.2, 0.25) is 0 Å². The largest absolute Gasteiger partial charge is 0.494 e. The van der Waals surface area contributed by atoms with Crippen molar-refractivity contribution in [2.24, 2.45) is 5.92 Å². The summed E-state index contributed by atoms with van der Waals surface area (Å²) in [4.78, 5) is 11.7. The number of unbranched alkanes of at least 4 members (excludes halogenated alkanes) is 1. The van der Waals surface area contributed by atoms with E-state index in [1.807, 2.05) is 24.3 Å². The number of fused-ring (bicyclic) bond motifs is 3. The number of allylic oxidation sites excluding steroid dienone is 3. The Balaban J connectivity index is 1.74. The fraction of sp³-hybridized carbons (Fsp3) is 0.312. The second-order valence-corrected chi connectivity index (χ2v) is 5.62. The van der Waals surface area contributed by atoms with Gasteiger partial charge in [-0.1, -0.05) is 34.1 Å². The van der Waals surface area contributed by atoms with Crippen molar-refractivity contribution >= 4 is 33.4 Å². The van der Waals surface area contributed by atoms with E-state index in [4.69, 9.17) is 4.74 Å². The summed E-state index contributed by atoms with van der Waals surface area (Å²) in [5, 5.41) is 1.02. The SMILES string of the molecule is O=C1C=Cc2ccc(OCCCCBr)cc2C2=CC12. The molecule has 1 unspecified atom stereocenters. The highest BCUT2D eigenvalue weighted by Crippen LogP contribution is 2.44. The first-order valence-electron chi connectivity index (χ1n) is 6.56. The average molecular weight is 319 g/mol. The number of ether oxygens (including phenoxy) is 1. The molecular formula is C16H15BrO2. The summed E-state index contributed by atoms with van der Waals surface area (Å²) in [5.74, 6) is 1.09. The van der Waals surface area contributed by atoms with Crippen LogP contribution >= 0.6 is 15.9 Å². The summed E-state index contributed by atoms with van der Waals surface area (Å²) < 4.78 is 5.75. The Kier molecular flexibility index (Phi) is 3.56. The Bertz CT molecular complexity index is 572. The van der Waals surface area contributed by atoms with Crippen molar-refractivity contribution < 1.29 is 9.53 Å². The molecule has 0 spiro atoms. The van der Waals surface area contributed by atoms with Gasteiger partial charge in [0.05, 0.1) is 12.5 Å². The first-order chi connectivity index (χ1) is 9.29. The Morgan fingerprint density at radius 1 is 1.21 bits per heavy atom. The topological polar surface area (TPSA) is 26.3 Å². The van der Waals surface area contributed by atoms with Crippen LogP contribution in [0.15, 0.2) is 30.4 Å². The van der Waals surface area contributed by atoms with Gasteiger partial charge >= 0.3 is 0 Å². The van der Waals surface area contributed by atoms with Crippen LogP contribution in [-0.2, 0) is 4.79 Å². The molecule has 1 atom stereocenters. The fourth-order valence-electron chi connectivity index (χ4n) is 2.31. The molecule has 3 rings (SSSR count). The number of rotatable bonds is 5. The van der Waals surface area contributed by atoms with Crippen molar-refractivity contribution in [3.63, 3.8) is 0 Å². The molecule has 0 radical (unpaired) electrons. The Morgan fingerprint density at radius 2 is 2.11 bits per heavy atom. The van der Waals surface area contributed by atoms with Crippen LogP contribution in [0.3, 0.4) is 0 Å². The first-order valence-corrected chi connectivity index (χ1v) is 7.68. The zero-order valence-corrected chi connectivity index (χ0v) is 12.2. The molecule has 0 heterocycles. The molecule has 19 heavy (non-hydrogen) atoms. The van der Waals surface area contributed by atoms with Gasteiger partial charge in [0, 0.05) is 5.33 Å². The van der Waals surface area contributed by atoms with Gasteiger partial charge in [-0.15, -0.1) is 0 Å². The minimum atomic E-state index is 0.0150. The number of hydrogen-bond acceptors (Lipinski definition) is 2. The van der Waals surface area contributed by atoms with Crippen LogP contribution in [0.5, 0.6) is 5.75 Å². The zero-order chi connectivity index (χ0) is 13.2. The third-order valence-corrected chi connectivity index (χ3v) is 4.00. The van der Waals surface area contributed by atoms with Gasteiger partial charge < -0.3 is 4.74 Å². The molecule has 1 aromatic carbocycles. The number of hydrogen-bond donors (Lipinski definition) is 0. The van der Waals surface area contributed by atoms with Gasteiger partial charge in [-0.25, -0.2) is 0 Å². The molecule has 0 aliphatic heterocycles. The lowest BCUT2D eigenvalue weighted by Crippen LogP contribution is -1.98. The number of carbonyl (C=O) groups excluding carboxylic acids is 1. The smallest absolute Gasteiger partial charge is 0.166 e. The average Bonchev–Trinajstić information content (AvgIpc) is 3.21. The monoisotopic (exact) mass is 318 g/mol. The zero-order valence-electron chi connectivity index (χ0n) is 10.6. The number of carbonyl (C=O) groups is 1. The van der Waals surface area contributed by atoms with Gasteiger partial charge in [0.25, 0.3) is 0 Å². The van der Waals surface area contributed by atoms with E-state index in [-0.39, 0.29) is 11.7 Å². The molecule has 0 saturated heterocycles. The first kappa shape index (κ1) is 12.7. The fourth-order valence-corrected chi connectivity index (χ4v) is 2.70. The van der Waals surface area contributed by atoms with Crippen LogP contribution in [0.1, 0.15) is 24.0 Å². The van der Waals surface area contributed by atoms with Crippen molar-refractivity contribution in [1.82, 2.24) is 0 Å². The van der Waals surface area contributed by atoms with Gasteiger partial charge in [-0.2, -0.15) is 0 Å². The van der Waals surface area contributed by atoms with Crippen molar-refractivity contribution in [3.05, 3.63) is 41.5 Å². The highest BCUT2D eigenvalue weighted by molar-refractivity contribution is 9.09. The molecular weight excluding hydrogens is 304 g/mol. The van der Waals surface area contributed by atoms with Crippen molar-refractivity contribution in [1.29, 1.82) is 0 Å². The van der Waals surface area contributed by atoms with Gasteiger partial charge in [0.2, 0.25) is 0 Å². The molecule has 2 aliphatic carbocycles. The highest BCUT2D eigenvalue weighted by atomic mass is 79.9. The minimum Gasteiger partial charge on any atom is -0.494 e. The molecule has 3 heteroatoms. The molecule has 0 saturated carbocycles. The number of halogens is 1. The van der Waals surface area contributed by atoms with E-state index in [1.54, 1.807) is 6.08 Å². The van der Waals surface area contributed by atoms with Crippen molar-refractivity contribution in [3.8, 4) is 5.75 Å². The summed E-state index contributed by atoms with van der Waals surface area (Å²) in [5.41, 5.74) is 3.40. The molecule has 98 valence electrons. The van der Waals surface area contributed by atoms with Gasteiger partial charge in [0.1, 0.15) is 5.75 Å². The second kappa shape index (κ2) is 5.33. The number of benzene rings is 1. The van der Waals surface area contributed by atoms with Gasteiger partial charge in [-0.05, 0) is 47.8 Å². The van der Waals surface area contributed by atoms with Crippen LogP contribution in [0, 0.1) is 5.92 Å². The van der Waals surface area contributed by atoms with E-state index in [2.05, 4.69) is 22.0 Å². The summed E-state index contributed by atoms with van der Waals surface area (Å²) in [6, 6.07) is 6.06.